The molecule has 0 aromatic heterocycles. The molecule has 0 bridgehead atoms. The quantitative estimate of drug-likeness (QED) is 0.410. The highest BCUT2D eigenvalue weighted by Gasteiger charge is 2.29. The van der Waals surface area contributed by atoms with Gasteiger partial charge < -0.3 is 24.8 Å². The van der Waals surface area contributed by atoms with E-state index in [9.17, 15) is 0 Å². The lowest BCUT2D eigenvalue weighted by molar-refractivity contribution is 0.0243. The van der Waals surface area contributed by atoms with Crippen molar-refractivity contribution in [3.63, 3.8) is 0 Å². The van der Waals surface area contributed by atoms with E-state index in [1.807, 2.05) is 12.1 Å². The number of ether oxygens (including phenoxy) is 3. The monoisotopic (exact) mass is 461 g/mol. The Morgan fingerprint density at radius 1 is 1.16 bits per heavy atom. The van der Waals surface area contributed by atoms with Crippen molar-refractivity contribution in [1.82, 2.24) is 10.6 Å². The van der Waals surface area contributed by atoms with Crippen LogP contribution in [0.1, 0.15) is 31.7 Å². The SMILES string of the molecule is CN=C(NCc1cccc2c1OCCCO2)NCC1(C)CCCO1.I. The molecule has 1 saturated heterocycles. The standard InChI is InChI=1S/C18H27N3O3.HI/c1-18(8-4-11-24-18)13-21-17(19-2)20-12-14-6-3-7-15-16(14)23-10-5-9-22-15;/h3,6-7H,4-5,8-13H2,1-2H3,(H2,19,20,21);1H. The Morgan fingerprint density at radius 3 is 2.76 bits per heavy atom. The minimum Gasteiger partial charge on any atom is -0.490 e. The molecule has 1 atom stereocenters. The highest BCUT2D eigenvalue weighted by molar-refractivity contribution is 14.0. The number of aliphatic imine (C=N–C) groups is 1. The number of nitrogens with one attached hydrogen (secondary N) is 2. The van der Waals surface area contributed by atoms with Crippen LogP contribution in [0.2, 0.25) is 0 Å². The molecule has 7 heteroatoms. The average molecular weight is 461 g/mol. The summed E-state index contributed by atoms with van der Waals surface area (Å²) in [5, 5.41) is 6.70. The summed E-state index contributed by atoms with van der Waals surface area (Å²) in [6.07, 6.45) is 3.11. The minimum atomic E-state index is -0.0988. The van der Waals surface area contributed by atoms with Crippen molar-refractivity contribution in [3.05, 3.63) is 23.8 Å². The molecule has 0 spiro atoms. The Bertz CT molecular complexity index is 589. The van der Waals surface area contributed by atoms with Gasteiger partial charge in [-0.15, -0.1) is 24.0 Å². The van der Waals surface area contributed by atoms with E-state index in [1.54, 1.807) is 7.05 Å². The van der Waals surface area contributed by atoms with Gasteiger partial charge in [-0.25, -0.2) is 0 Å². The van der Waals surface area contributed by atoms with Crippen LogP contribution in [0.15, 0.2) is 23.2 Å². The van der Waals surface area contributed by atoms with E-state index in [0.717, 1.165) is 55.4 Å². The zero-order valence-electron chi connectivity index (χ0n) is 15.0. The zero-order valence-corrected chi connectivity index (χ0v) is 17.3. The van der Waals surface area contributed by atoms with Gasteiger partial charge in [0.25, 0.3) is 0 Å². The van der Waals surface area contributed by atoms with Crippen molar-refractivity contribution in [1.29, 1.82) is 0 Å². The van der Waals surface area contributed by atoms with E-state index in [1.165, 1.54) is 0 Å². The van der Waals surface area contributed by atoms with E-state index in [4.69, 9.17) is 14.2 Å². The Morgan fingerprint density at radius 2 is 2.00 bits per heavy atom. The lowest BCUT2D eigenvalue weighted by atomic mass is 10.0. The summed E-state index contributed by atoms with van der Waals surface area (Å²) >= 11 is 0. The minimum absolute atomic E-state index is 0. The van der Waals surface area contributed by atoms with E-state index in [-0.39, 0.29) is 29.6 Å². The average Bonchev–Trinajstić information content (AvgIpc) is 2.88. The van der Waals surface area contributed by atoms with Crippen LogP contribution < -0.4 is 20.1 Å². The third kappa shape index (κ3) is 5.37. The fourth-order valence-electron chi connectivity index (χ4n) is 3.04. The summed E-state index contributed by atoms with van der Waals surface area (Å²) < 4.78 is 17.4. The predicted octanol–water partition coefficient (Wildman–Crippen LogP) is 2.70. The topological polar surface area (TPSA) is 64.1 Å². The van der Waals surface area contributed by atoms with Gasteiger partial charge in [0.05, 0.1) is 18.8 Å². The second kappa shape index (κ2) is 9.47. The summed E-state index contributed by atoms with van der Waals surface area (Å²) in [4.78, 5) is 4.29. The second-order valence-electron chi connectivity index (χ2n) is 6.48. The fourth-order valence-corrected chi connectivity index (χ4v) is 3.04. The van der Waals surface area contributed by atoms with Crippen molar-refractivity contribution in [2.75, 3.05) is 33.4 Å². The zero-order chi connectivity index (χ0) is 16.8. The first-order valence-corrected chi connectivity index (χ1v) is 8.66. The van der Waals surface area contributed by atoms with Gasteiger partial charge in [-0.3, -0.25) is 4.99 Å². The van der Waals surface area contributed by atoms with E-state index < -0.39 is 0 Å². The van der Waals surface area contributed by atoms with Gasteiger partial charge in [-0.05, 0) is 25.8 Å². The van der Waals surface area contributed by atoms with Gasteiger partial charge >= 0.3 is 0 Å². The van der Waals surface area contributed by atoms with Crippen molar-refractivity contribution in [2.24, 2.45) is 4.99 Å². The number of halogens is 1. The van der Waals surface area contributed by atoms with Crippen molar-refractivity contribution < 1.29 is 14.2 Å². The lowest BCUT2D eigenvalue weighted by Gasteiger charge is -2.24. The van der Waals surface area contributed by atoms with Crippen molar-refractivity contribution in [3.8, 4) is 11.5 Å². The normalized spacial score (nSPS) is 22.7. The molecule has 6 nitrogen and oxygen atoms in total. The Balaban J connectivity index is 0.00000225. The van der Waals surface area contributed by atoms with Crippen molar-refractivity contribution in [2.45, 2.75) is 38.3 Å². The van der Waals surface area contributed by atoms with Crippen molar-refractivity contribution >= 4 is 29.9 Å². The number of guanidine groups is 1. The molecule has 2 heterocycles. The summed E-state index contributed by atoms with van der Waals surface area (Å²) in [6, 6.07) is 6.00. The predicted molar refractivity (Wildman–Crippen MR) is 109 cm³/mol. The molecule has 2 aliphatic rings. The summed E-state index contributed by atoms with van der Waals surface area (Å²) in [5.74, 6) is 2.42. The third-order valence-electron chi connectivity index (χ3n) is 4.45. The molecule has 1 aromatic rings. The van der Waals surface area contributed by atoms with Crippen LogP contribution in [-0.4, -0.2) is 45.0 Å². The summed E-state index contributed by atoms with van der Waals surface area (Å²) in [5.41, 5.74) is 0.971. The number of fused-ring (bicyclic) bond motifs is 1. The molecular weight excluding hydrogens is 433 g/mol. The van der Waals surface area contributed by atoms with Gasteiger partial charge in [-0.2, -0.15) is 0 Å². The first-order valence-electron chi connectivity index (χ1n) is 8.66. The van der Waals surface area contributed by atoms with Crippen LogP contribution >= 0.6 is 24.0 Å². The summed E-state index contributed by atoms with van der Waals surface area (Å²) in [7, 11) is 1.78. The molecule has 2 N–H and O–H groups in total. The number of hydrogen-bond acceptors (Lipinski definition) is 4. The molecule has 140 valence electrons. The number of hydrogen-bond donors (Lipinski definition) is 2. The molecule has 1 unspecified atom stereocenters. The first kappa shape index (κ1) is 20.1. The molecular formula is C18H28IN3O3. The maximum Gasteiger partial charge on any atom is 0.191 e. The maximum atomic E-state index is 5.86. The van der Waals surface area contributed by atoms with E-state index in [0.29, 0.717) is 19.8 Å². The third-order valence-corrected chi connectivity index (χ3v) is 4.45. The first-order chi connectivity index (χ1) is 11.7. The van der Waals surface area contributed by atoms with E-state index in [2.05, 4.69) is 28.6 Å². The highest BCUT2D eigenvalue weighted by atomic mass is 127. The molecule has 0 amide bonds. The van der Waals surface area contributed by atoms with Crippen LogP contribution in [0.5, 0.6) is 11.5 Å². The molecule has 3 rings (SSSR count). The van der Waals surface area contributed by atoms with Crippen LogP contribution in [0.3, 0.4) is 0 Å². The Labute approximate surface area is 166 Å². The molecule has 25 heavy (non-hydrogen) atoms. The Kier molecular flexibility index (Phi) is 7.61. The van der Waals surface area contributed by atoms with Crippen LogP contribution in [0, 0.1) is 0 Å². The lowest BCUT2D eigenvalue weighted by Crippen LogP contribution is -2.45. The van der Waals surface area contributed by atoms with Gasteiger partial charge in [0, 0.05) is 38.7 Å². The molecule has 2 aliphatic heterocycles. The second-order valence-corrected chi connectivity index (χ2v) is 6.48. The van der Waals surface area contributed by atoms with Gasteiger partial charge in [0.15, 0.2) is 17.5 Å². The highest BCUT2D eigenvalue weighted by Crippen LogP contribution is 2.33. The smallest absolute Gasteiger partial charge is 0.191 e. The Hall–Kier alpha value is -1.22. The largest absolute Gasteiger partial charge is 0.490 e. The molecule has 0 radical (unpaired) electrons. The maximum absolute atomic E-state index is 5.86. The van der Waals surface area contributed by atoms with Gasteiger partial charge in [0.1, 0.15) is 0 Å². The molecule has 1 fully saturated rings. The molecule has 0 aliphatic carbocycles. The molecule has 1 aromatic carbocycles. The molecule has 0 saturated carbocycles. The number of para-hydroxylation sites is 1. The van der Waals surface area contributed by atoms with Crippen LogP contribution in [0.25, 0.3) is 0 Å². The summed E-state index contributed by atoms with van der Waals surface area (Å²) in [6.45, 7) is 5.75. The number of nitrogens with zero attached hydrogens (tertiary/aromatic N) is 1. The van der Waals surface area contributed by atoms with Crippen LogP contribution in [-0.2, 0) is 11.3 Å². The van der Waals surface area contributed by atoms with Gasteiger partial charge in [0.2, 0.25) is 0 Å². The van der Waals surface area contributed by atoms with Crippen LogP contribution in [0.4, 0.5) is 0 Å². The number of benzene rings is 1. The van der Waals surface area contributed by atoms with Gasteiger partial charge in [-0.1, -0.05) is 12.1 Å². The van der Waals surface area contributed by atoms with E-state index >= 15 is 0 Å². The number of rotatable bonds is 4. The fraction of sp³-hybridized carbons (Fsp3) is 0.611.